The predicted octanol–water partition coefficient (Wildman–Crippen LogP) is 3.39. The van der Waals surface area contributed by atoms with Crippen molar-refractivity contribution in [2.45, 2.75) is 17.7 Å². The van der Waals surface area contributed by atoms with Gasteiger partial charge in [0.15, 0.2) is 0 Å². The Labute approximate surface area is 164 Å². The molecule has 1 amide bonds. The number of nitrogens with zero attached hydrogens (tertiary/aromatic N) is 1. The number of nitrogens with one attached hydrogen (secondary N) is 1. The average Bonchev–Trinajstić information content (AvgIpc) is 2.70. The van der Waals surface area contributed by atoms with Crippen molar-refractivity contribution in [1.29, 1.82) is 0 Å². The third-order valence-electron chi connectivity index (χ3n) is 4.58. The number of sulfonamides is 1. The fraction of sp³-hybridized carbons (Fsp3) is 0.316. The topological polar surface area (TPSA) is 75.7 Å². The van der Waals surface area contributed by atoms with E-state index in [1.165, 1.54) is 23.5 Å². The van der Waals surface area contributed by atoms with Crippen molar-refractivity contribution in [3.8, 4) is 5.75 Å². The average molecular weight is 409 g/mol. The summed E-state index contributed by atoms with van der Waals surface area (Å²) < 4.78 is 32.2. The van der Waals surface area contributed by atoms with Crippen LogP contribution < -0.4 is 10.1 Å². The van der Waals surface area contributed by atoms with Crippen LogP contribution in [0.15, 0.2) is 53.4 Å². The second-order valence-electron chi connectivity index (χ2n) is 6.35. The van der Waals surface area contributed by atoms with Crippen molar-refractivity contribution in [3.05, 3.63) is 53.6 Å². The summed E-state index contributed by atoms with van der Waals surface area (Å²) in [5.41, 5.74) is 0.527. The molecule has 1 atom stereocenters. The van der Waals surface area contributed by atoms with Crippen LogP contribution in [-0.2, 0) is 14.8 Å². The number of benzene rings is 2. The number of halogens is 1. The third kappa shape index (κ3) is 4.43. The molecular formula is C19H21ClN2O4S. The quantitative estimate of drug-likeness (QED) is 0.822. The maximum atomic E-state index is 12.9. The predicted molar refractivity (Wildman–Crippen MR) is 105 cm³/mol. The SMILES string of the molecule is COc1ccc(S(=O)(=O)N2CCCC(C(=O)Nc3ccccc3Cl)C2)cc1. The van der Waals surface area contributed by atoms with Crippen molar-refractivity contribution < 1.29 is 17.9 Å². The third-order valence-corrected chi connectivity index (χ3v) is 6.79. The highest BCUT2D eigenvalue weighted by Crippen LogP contribution is 2.27. The number of para-hydroxylation sites is 1. The van der Waals surface area contributed by atoms with Crippen molar-refractivity contribution in [2.75, 3.05) is 25.5 Å². The smallest absolute Gasteiger partial charge is 0.243 e. The molecule has 1 N–H and O–H groups in total. The summed E-state index contributed by atoms with van der Waals surface area (Å²) in [4.78, 5) is 12.8. The van der Waals surface area contributed by atoms with Gasteiger partial charge in [-0.15, -0.1) is 0 Å². The van der Waals surface area contributed by atoms with Gasteiger partial charge in [0, 0.05) is 13.1 Å². The number of carbonyl (C=O) groups is 1. The number of ether oxygens (including phenoxy) is 1. The molecule has 1 saturated heterocycles. The fourth-order valence-electron chi connectivity index (χ4n) is 3.07. The number of hydrogen-bond acceptors (Lipinski definition) is 4. The van der Waals surface area contributed by atoms with E-state index in [4.69, 9.17) is 16.3 Å². The largest absolute Gasteiger partial charge is 0.497 e. The Morgan fingerprint density at radius 2 is 1.89 bits per heavy atom. The van der Waals surface area contributed by atoms with Gasteiger partial charge >= 0.3 is 0 Å². The molecule has 144 valence electrons. The van der Waals surface area contributed by atoms with Crippen LogP contribution in [0, 0.1) is 5.92 Å². The minimum atomic E-state index is -3.66. The van der Waals surface area contributed by atoms with E-state index in [1.807, 2.05) is 0 Å². The second kappa shape index (κ2) is 8.29. The number of amides is 1. The summed E-state index contributed by atoms with van der Waals surface area (Å²) in [6.07, 6.45) is 1.25. The fourth-order valence-corrected chi connectivity index (χ4v) is 4.78. The van der Waals surface area contributed by atoms with E-state index in [1.54, 1.807) is 36.4 Å². The summed E-state index contributed by atoms with van der Waals surface area (Å²) in [5.74, 6) is -0.0645. The van der Waals surface area contributed by atoms with E-state index in [2.05, 4.69) is 5.32 Å². The van der Waals surface area contributed by atoms with Crippen LogP contribution in [0.25, 0.3) is 0 Å². The van der Waals surface area contributed by atoms with E-state index in [-0.39, 0.29) is 17.3 Å². The van der Waals surface area contributed by atoms with E-state index >= 15 is 0 Å². The van der Waals surface area contributed by atoms with E-state index < -0.39 is 15.9 Å². The summed E-state index contributed by atoms with van der Waals surface area (Å²) in [5, 5.41) is 3.25. The highest BCUT2D eigenvalue weighted by atomic mass is 35.5. The van der Waals surface area contributed by atoms with Gasteiger partial charge in [-0.05, 0) is 49.2 Å². The maximum Gasteiger partial charge on any atom is 0.243 e. The molecule has 3 rings (SSSR count). The lowest BCUT2D eigenvalue weighted by Crippen LogP contribution is -2.43. The van der Waals surface area contributed by atoms with E-state index in [9.17, 15) is 13.2 Å². The molecule has 0 saturated carbocycles. The van der Waals surface area contributed by atoms with Crippen molar-refractivity contribution in [3.63, 3.8) is 0 Å². The molecule has 2 aromatic carbocycles. The Morgan fingerprint density at radius 1 is 1.19 bits per heavy atom. The zero-order valence-corrected chi connectivity index (χ0v) is 16.5. The Hall–Kier alpha value is -2.09. The monoisotopic (exact) mass is 408 g/mol. The first kappa shape index (κ1) is 19.7. The van der Waals surface area contributed by atoms with Crippen molar-refractivity contribution in [2.24, 2.45) is 5.92 Å². The molecule has 1 heterocycles. The summed E-state index contributed by atoms with van der Waals surface area (Å²) in [6, 6.07) is 13.2. The van der Waals surface area contributed by atoms with Gasteiger partial charge < -0.3 is 10.1 Å². The van der Waals surface area contributed by atoms with Gasteiger partial charge in [0.05, 0.1) is 28.6 Å². The van der Waals surface area contributed by atoms with Crippen LogP contribution in [-0.4, -0.2) is 38.8 Å². The summed E-state index contributed by atoms with van der Waals surface area (Å²) in [7, 11) is -2.14. The normalized spacial score (nSPS) is 18.1. The molecule has 1 fully saturated rings. The highest BCUT2D eigenvalue weighted by molar-refractivity contribution is 7.89. The van der Waals surface area contributed by atoms with Crippen molar-refractivity contribution >= 4 is 33.2 Å². The summed E-state index contributed by atoms with van der Waals surface area (Å²) in [6.45, 7) is 0.537. The minimum Gasteiger partial charge on any atom is -0.497 e. The number of piperidine rings is 1. The first-order valence-electron chi connectivity index (χ1n) is 8.61. The zero-order valence-electron chi connectivity index (χ0n) is 14.9. The number of carbonyl (C=O) groups excluding carboxylic acids is 1. The lowest BCUT2D eigenvalue weighted by Gasteiger charge is -2.31. The molecule has 0 aliphatic carbocycles. The van der Waals surface area contributed by atoms with Crippen LogP contribution >= 0.6 is 11.6 Å². The van der Waals surface area contributed by atoms with Crippen LogP contribution in [0.3, 0.4) is 0 Å². The Morgan fingerprint density at radius 3 is 2.56 bits per heavy atom. The first-order valence-corrected chi connectivity index (χ1v) is 10.4. The molecule has 6 nitrogen and oxygen atoms in total. The van der Waals surface area contributed by atoms with E-state index in [0.29, 0.717) is 35.8 Å². The molecule has 0 bridgehead atoms. The molecule has 8 heteroatoms. The highest BCUT2D eigenvalue weighted by Gasteiger charge is 2.33. The molecule has 0 aromatic heterocycles. The second-order valence-corrected chi connectivity index (χ2v) is 8.69. The molecule has 0 radical (unpaired) electrons. The van der Waals surface area contributed by atoms with Gasteiger partial charge in [-0.2, -0.15) is 4.31 Å². The number of anilines is 1. The molecule has 27 heavy (non-hydrogen) atoms. The van der Waals surface area contributed by atoms with E-state index in [0.717, 1.165) is 0 Å². The van der Waals surface area contributed by atoms with Gasteiger partial charge in [-0.25, -0.2) is 8.42 Å². The summed E-state index contributed by atoms with van der Waals surface area (Å²) >= 11 is 6.08. The van der Waals surface area contributed by atoms with Gasteiger partial charge in [0.1, 0.15) is 5.75 Å². The molecule has 1 aliphatic rings. The molecule has 1 unspecified atom stereocenters. The lowest BCUT2D eigenvalue weighted by molar-refractivity contribution is -0.120. The first-order chi connectivity index (χ1) is 12.9. The lowest BCUT2D eigenvalue weighted by atomic mass is 9.99. The van der Waals surface area contributed by atoms with Crippen LogP contribution in [0.2, 0.25) is 5.02 Å². The standard InChI is InChI=1S/C19H21ClN2O4S/c1-26-15-8-10-16(11-9-15)27(24,25)22-12-4-5-14(13-22)19(23)21-18-7-3-2-6-17(18)20/h2-3,6-11,14H,4-5,12-13H2,1H3,(H,21,23). The van der Waals surface area contributed by atoms with Gasteiger partial charge in [-0.3, -0.25) is 4.79 Å². The van der Waals surface area contributed by atoms with Gasteiger partial charge in [-0.1, -0.05) is 23.7 Å². The van der Waals surface area contributed by atoms with Crippen molar-refractivity contribution in [1.82, 2.24) is 4.31 Å². The number of rotatable bonds is 5. The number of methoxy groups -OCH3 is 1. The number of hydrogen-bond donors (Lipinski definition) is 1. The van der Waals surface area contributed by atoms with Gasteiger partial charge in [0.2, 0.25) is 15.9 Å². The molecule has 1 aliphatic heterocycles. The Balaban J connectivity index is 1.72. The molecule has 2 aromatic rings. The van der Waals surface area contributed by atoms with Gasteiger partial charge in [0.25, 0.3) is 0 Å². The van der Waals surface area contributed by atoms with Crippen LogP contribution in [0.4, 0.5) is 5.69 Å². The minimum absolute atomic E-state index is 0.144. The van der Waals surface area contributed by atoms with Crippen LogP contribution in [0.1, 0.15) is 12.8 Å². The maximum absolute atomic E-state index is 12.9. The molecule has 0 spiro atoms. The zero-order chi connectivity index (χ0) is 19.4. The Kier molecular flexibility index (Phi) is 6.04. The Bertz CT molecular complexity index is 916. The van der Waals surface area contributed by atoms with Crippen LogP contribution in [0.5, 0.6) is 5.75 Å². The molecular weight excluding hydrogens is 388 g/mol.